The number of para-hydroxylation sites is 1. The van der Waals surface area contributed by atoms with Crippen molar-refractivity contribution in [2.75, 3.05) is 11.9 Å². The standard InChI is InChI=1S/C14H18N2S/c1-10-5-4-6-11(2)14(10)15-8-7-13-16-12(3)9-17-13/h4-6,9,15H,7-8H2,1-3H3. The Morgan fingerprint density at radius 1 is 1.18 bits per heavy atom. The van der Waals surface area contributed by atoms with Gasteiger partial charge in [0, 0.05) is 29.7 Å². The molecule has 1 heterocycles. The number of anilines is 1. The van der Waals surface area contributed by atoms with Gasteiger partial charge in [0.15, 0.2) is 0 Å². The molecule has 0 unspecified atom stereocenters. The monoisotopic (exact) mass is 246 g/mol. The first-order valence-corrected chi connectivity index (χ1v) is 6.76. The minimum Gasteiger partial charge on any atom is -0.384 e. The van der Waals surface area contributed by atoms with Crippen molar-refractivity contribution >= 4 is 17.0 Å². The maximum atomic E-state index is 4.47. The van der Waals surface area contributed by atoms with E-state index in [2.05, 4.69) is 47.7 Å². The zero-order chi connectivity index (χ0) is 12.3. The van der Waals surface area contributed by atoms with Crippen molar-refractivity contribution in [3.8, 4) is 0 Å². The van der Waals surface area contributed by atoms with Crippen LogP contribution in [0.3, 0.4) is 0 Å². The average Bonchev–Trinajstić information content (AvgIpc) is 2.69. The molecule has 0 saturated carbocycles. The number of nitrogens with zero attached hydrogens (tertiary/aromatic N) is 1. The van der Waals surface area contributed by atoms with Crippen molar-refractivity contribution in [3.63, 3.8) is 0 Å². The Kier molecular flexibility index (Phi) is 3.79. The molecule has 0 aliphatic carbocycles. The predicted octanol–water partition coefficient (Wildman–Crippen LogP) is 3.72. The van der Waals surface area contributed by atoms with Gasteiger partial charge in [-0.25, -0.2) is 4.98 Å². The summed E-state index contributed by atoms with van der Waals surface area (Å²) in [5.74, 6) is 0. The lowest BCUT2D eigenvalue weighted by Gasteiger charge is -2.11. The Hall–Kier alpha value is -1.35. The summed E-state index contributed by atoms with van der Waals surface area (Å²) < 4.78 is 0. The van der Waals surface area contributed by atoms with Gasteiger partial charge in [-0.05, 0) is 31.9 Å². The molecule has 2 rings (SSSR count). The van der Waals surface area contributed by atoms with Crippen molar-refractivity contribution in [1.82, 2.24) is 4.98 Å². The van der Waals surface area contributed by atoms with Gasteiger partial charge < -0.3 is 5.32 Å². The van der Waals surface area contributed by atoms with Crippen molar-refractivity contribution < 1.29 is 0 Å². The third-order valence-corrected chi connectivity index (χ3v) is 3.81. The summed E-state index contributed by atoms with van der Waals surface area (Å²) >= 11 is 1.74. The lowest BCUT2D eigenvalue weighted by molar-refractivity contribution is 0.983. The summed E-state index contributed by atoms with van der Waals surface area (Å²) in [5, 5.41) is 6.82. The molecule has 3 heteroatoms. The minimum absolute atomic E-state index is 0.943. The van der Waals surface area contributed by atoms with Gasteiger partial charge in [-0.15, -0.1) is 11.3 Å². The summed E-state index contributed by atoms with van der Waals surface area (Å²) in [6.07, 6.45) is 0.992. The summed E-state index contributed by atoms with van der Waals surface area (Å²) in [6.45, 7) is 7.27. The number of thiazole rings is 1. The lowest BCUT2D eigenvalue weighted by Crippen LogP contribution is -2.07. The van der Waals surface area contributed by atoms with Crippen LogP contribution in [-0.4, -0.2) is 11.5 Å². The molecule has 0 atom stereocenters. The maximum Gasteiger partial charge on any atom is 0.0945 e. The molecule has 1 aromatic heterocycles. The van der Waals surface area contributed by atoms with Gasteiger partial charge in [-0.2, -0.15) is 0 Å². The highest BCUT2D eigenvalue weighted by molar-refractivity contribution is 7.09. The molecule has 2 aromatic rings. The molecule has 17 heavy (non-hydrogen) atoms. The number of aryl methyl sites for hydroxylation is 3. The normalized spacial score (nSPS) is 10.5. The highest BCUT2D eigenvalue weighted by Gasteiger charge is 2.02. The molecular formula is C14H18N2S. The molecule has 2 nitrogen and oxygen atoms in total. The van der Waals surface area contributed by atoms with Crippen molar-refractivity contribution in [1.29, 1.82) is 0 Å². The first-order valence-electron chi connectivity index (χ1n) is 5.88. The van der Waals surface area contributed by atoms with E-state index in [0.717, 1.165) is 18.7 Å². The van der Waals surface area contributed by atoms with Crippen LogP contribution < -0.4 is 5.32 Å². The number of benzene rings is 1. The smallest absolute Gasteiger partial charge is 0.0945 e. The Balaban J connectivity index is 1.94. The lowest BCUT2D eigenvalue weighted by atomic mass is 10.1. The second-order valence-electron chi connectivity index (χ2n) is 4.33. The third-order valence-electron chi connectivity index (χ3n) is 2.79. The minimum atomic E-state index is 0.943. The molecule has 1 N–H and O–H groups in total. The fourth-order valence-corrected chi connectivity index (χ4v) is 2.68. The Labute approximate surface area is 107 Å². The summed E-state index contributed by atoms with van der Waals surface area (Å²) in [7, 11) is 0. The van der Waals surface area contributed by atoms with Crippen LogP contribution in [0.2, 0.25) is 0 Å². The Morgan fingerprint density at radius 3 is 2.47 bits per heavy atom. The van der Waals surface area contributed by atoms with E-state index in [1.807, 2.05) is 6.92 Å². The molecule has 0 aliphatic heterocycles. The van der Waals surface area contributed by atoms with E-state index < -0.39 is 0 Å². The average molecular weight is 246 g/mol. The Morgan fingerprint density at radius 2 is 1.88 bits per heavy atom. The zero-order valence-electron chi connectivity index (χ0n) is 10.6. The SMILES string of the molecule is Cc1csc(CCNc2c(C)cccc2C)n1. The van der Waals surface area contributed by atoms with Gasteiger partial charge in [0.1, 0.15) is 0 Å². The van der Waals surface area contributed by atoms with E-state index in [-0.39, 0.29) is 0 Å². The molecule has 0 spiro atoms. The molecule has 0 radical (unpaired) electrons. The predicted molar refractivity (Wildman–Crippen MR) is 75.0 cm³/mol. The summed E-state index contributed by atoms with van der Waals surface area (Å²) in [6, 6.07) is 6.38. The zero-order valence-corrected chi connectivity index (χ0v) is 11.4. The molecule has 0 aliphatic rings. The number of nitrogens with one attached hydrogen (secondary N) is 1. The Bertz CT molecular complexity index is 482. The maximum absolute atomic E-state index is 4.47. The van der Waals surface area contributed by atoms with Crippen LogP contribution in [0.4, 0.5) is 5.69 Å². The number of hydrogen-bond donors (Lipinski definition) is 1. The van der Waals surface area contributed by atoms with Crippen LogP contribution in [0.1, 0.15) is 21.8 Å². The van der Waals surface area contributed by atoms with Crippen LogP contribution in [0.25, 0.3) is 0 Å². The molecule has 0 saturated heterocycles. The van der Waals surface area contributed by atoms with Crippen LogP contribution in [0.15, 0.2) is 23.6 Å². The second kappa shape index (κ2) is 5.32. The van der Waals surface area contributed by atoms with Crippen LogP contribution in [-0.2, 0) is 6.42 Å². The largest absolute Gasteiger partial charge is 0.384 e. The van der Waals surface area contributed by atoms with E-state index in [4.69, 9.17) is 0 Å². The van der Waals surface area contributed by atoms with Crippen molar-refractivity contribution in [2.45, 2.75) is 27.2 Å². The van der Waals surface area contributed by atoms with Gasteiger partial charge >= 0.3 is 0 Å². The van der Waals surface area contributed by atoms with Crippen LogP contribution in [0.5, 0.6) is 0 Å². The number of aromatic nitrogens is 1. The fraction of sp³-hybridized carbons (Fsp3) is 0.357. The van der Waals surface area contributed by atoms with Crippen molar-refractivity contribution in [3.05, 3.63) is 45.4 Å². The van der Waals surface area contributed by atoms with Gasteiger partial charge in [0.05, 0.1) is 5.01 Å². The first kappa shape index (κ1) is 12.1. The molecule has 0 fully saturated rings. The van der Waals surface area contributed by atoms with Gasteiger partial charge in [0.2, 0.25) is 0 Å². The first-order chi connectivity index (χ1) is 8.16. The highest BCUT2D eigenvalue weighted by Crippen LogP contribution is 2.19. The molecule has 0 bridgehead atoms. The summed E-state index contributed by atoms with van der Waals surface area (Å²) in [5.41, 5.74) is 5.00. The number of rotatable bonds is 4. The summed E-state index contributed by atoms with van der Waals surface area (Å²) in [4.78, 5) is 4.47. The van der Waals surface area contributed by atoms with E-state index in [1.165, 1.54) is 21.8 Å². The van der Waals surface area contributed by atoms with Crippen molar-refractivity contribution in [2.24, 2.45) is 0 Å². The highest BCUT2D eigenvalue weighted by atomic mass is 32.1. The molecule has 90 valence electrons. The molecular weight excluding hydrogens is 228 g/mol. The van der Waals surface area contributed by atoms with E-state index >= 15 is 0 Å². The fourth-order valence-electron chi connectivity index (χ4n) is 1.91. The van der Waals surface area contributed by atoms with Crippen LogP contribution in [0, 0.1) is 20.8 Å². The van der Waals surface area contributed by atoms with Gasteiger partial charge in [-0.3, -0.25) is 0 Å². The van der Waals surface area contributed by atoms with Crippen LogP contribution >= 0.6 is 11.3 Å². The van der Waals surface area contributed by atoms with Gasteiger partial charge in [-0.1, -0.05) is 18.2 Å². The van der Waals surface area contributed by atoms with E-state index in [9.17, 15) is 0 Å². The molecule has 1 aromatic carbocycles. The van der Waals surface area contributed by atoms with E-state index in [0.29, 0.717) is 0 Å². The topological polar surface area (TPSA) is 24.9 Å². The second-order valence-corrected chi connectivity index (χ2v) is 5.27. The van der Waals surface area contributed by atoms with Gasteiger partial charge in [0.25, 0.3) is 0 Å². The third kappa shape index (κ3) is 3.07. The van der Waals surface area contributed by atoms with E-state index in [1.54, 1.807) is 11.3 Å². The number of hydrogen-bond acceptors (Lipinski definition) is 3. The molecule has 0 amide bonds. The quantitative estimate of drug-likeness (QED) is 0.889.